The highest BCUT2D eigenvalue weighted by molar-refractivity contribution is 5.66. The molecule has 10 heavy (non-hydrogen) atoms. The quantitative estimate of drug-likeness (QED) is 0.551. The third-order valence-electron chi connectivity index (χ3n) is 1.18. The van der Waals surface area contributed by atoms with E-state index in [1.54, 1.807) is 0 Å². The van der Waals surface area contributed by atoms with Crippen molar-refractivity contribution < 1.29 is 8.81 Å². The van der Waals surface area contributed by atoms with Crippen LogP contribution >= 0.6 is 0 Å². The number of rotatable bonds is 0. The molecule has 2 heterocycles. The van der Waals surface area contributed by atoms with Gasteiger partial charge < -0.3 is 4.42 Å². The first-order valence-electron chi connectivity index (χ1n) is 2.71. The maximum Gasteiger partial charge on any atom is 0.209 e. The maximum atomic E-state index is 12.6. The van der Waals surface area contributed by atoms with E-state index in [4.69, 9.17) is 4.42 Å². The van der Waals surface area contributed by atoms with Crippen molar-refractivity contribution in [2.75, 3.05) is 0 Å². The van der Waals surface area contributed by atoms with Gasteiger partial charge in [-0.15, -0.1) is 0 Å². The van der Waals surface area contributed by atoms with Gasteiger partial charge in [0.2, 0.25) is 11.2 Å². The Labute approximate surface area is 55.5 Å². The topological polar surface area (TPSA) is 38.9 Å². The van der Waals surface area contributed by atoms with Gasteiger partial charge in [-0.25, -0.2) is 9.37 Å². The van der Waals surface area contributed by atoms with Crippen molar-refractivity contribution in [1.29, 1.82) is 0 Å². The van der Waals surface area contributed by atoms with E-state index in [9.17, 15) is 4.39 Å². The molecule has 0 spiro atoms. The van der Waals surface area contributed by atoms with E-state index in [0.717, 1.165) is 0 Å². The van der Waals surface area contributed by atoms with E-state index < -0.39 is 5.82 Å². The maximum absolute atomic E-state index is 12.6. The van der Waals surface area contributed by atoms with Crippen molar-refractivity contribution in [3.63, 3.8) is 0 Å². The molecule has 3 nitrogen and oxygen atoms in total. The molecule has 0 saturated carbocycles. The lowest BCUT2D eigenvalue weighted by atomic mass is 10.4. The zero-order chi connectivity index (χ0) is 6.97. The molecule has 0 N–H and O–H groups in total. The minimum Gasteiger partial charge on any atom is -0.439 e. The summed E-state index contributed by atoms with van der Waals surface area (Å²) < 4.78 is 17.3. The largest absolute Gasteiger partial charge is 0.439 e. The van der Waals surface area contributed by atoms with Crippen LogP contribution in [0.25, 0.3) is 11.2 Å². The lowest BCUT2D eigenvalue weighted by Crippen LogP contribution is -1.78. The molecule has 2 rings (SSSR count). The summed E-state index contributed by atoms with van der Waals surface area (Å²) in [5.74, 6) is -0.428. The number of oxazole rings is 1. The van der Waals surface area contributed by atoms with Crippen molar-refractivity contribution in [1.82, 2.24) is 9.97 Å². The zero-order valence-corrected chi connectivity index (χ0v) is 4.91. The lowest BCUT2D eigenvalue weighted by Gasteiger charge is -1.84. The summed E-state index contributed by atoms with van der Waals surface area (Å²) >= 11 is 0. The Bertz CT molecular complexity index is 357. The fraction of sp³-hybridized carbons (Fsp3) is 0. The minimum absolute atomic E-state index is 0.113. The first-order chi connectivity index (χ1) is 4.88. The highest BCUT2D eigenvalue weighted by atomic mass is 19.1. The highest BCUT2D eigenvalue weighted by Gasteiger charge is 2.03. The molecule has 0 aliphatic carbocycles. The number of nitrogens with zero attached hydrogens (tertiary/aromatic N) is 2. The van der Waals surface area contributed by atoms with Crippen LogP contribution < -0.4 is 0 Å². The Morgan fingerprint density at radius 2 is 2.30 bits per heavy atom. The average molecular weight is 138 g/mol. The van der Waals surface area contributed by atoms with Crippen molar-refractivity contribution in [3.05, 3.63) is 24.5 Å². The molecular formula is C6H3FN2O. The molecule has 0 aromatic carbocycles. The summed E-state index contributed by atoms with van der Waals surface area (Å²) in [4.78, 5) is 7.42. The molecule has 0 unspecified atom stereocenters. The van der Waals surface area contributed by atoms with Gasteiger partial charge in [-0.2, -0.15) is 4.98 Å². The van der Waals surface area contributed by atoms with Crippen LogP contribution in [0.2, 0.25) is 0 Å². The van der Waals surface area contributed by atoms with Gasteiger partial charge >= 0.3 is 0 Å². The number of hydrogen-bond acceptors (Lipinski definition) is 3. The van der Waals surface area contributed by atoms with Gasteiger partial charge in [-0.1, -0.05) is 0 Å². The standard InChI is InChI=1S/C6H3FN2O/c7-4-1-2-8-6-5(4)10-3-9-6/h1-3H. The van der Waals surface area contributed by atoms with Crippen molar-refractivity contribution >= 4 is 11.2 Å². The Hall–Kier alpha value is -1.45. The van der Waals surface area contributed by atoms with E-state index in [1.165, 1.54) is 18.7 Å². The van der Waals surface area contributed by atoms with E-state index in [-0.39, 0.29) is 5.58 Å². The molecule has 0 amide bonds. The Balaban J connectivity index is 2.95. The Kier molecular flexibility index (Phi) is 0.943. The van der Waals surface area contributed by atoms with Crippen LogP contribution in [-0.2, 0) is 0 Å². The van der Waals surface area contributed by atoms with Crippen LogP contribution in [0.4, 0.5) is 4.39 Å². The van der Waals surface area contributed by atoms with Crippen molar-refractivity contribution in [3.8, 4) is 0 Å². The average Bonchev–Trinajstić information content (AvgIpc) is 2.36. The van der Waals surface area contributed by atoms with Gasteiger partial charge in [0.1, 0.15) is 0 Å². The zero-order valence-electron chi connectivity index (χ0n) is 4.91. The summed E-state index contributed by atoms with van der Waals surface area (Å²) in [7, 11) is 0. The summed E-state index contributed by atoms with van der Waals surface area (Å²) in [6.45, 7) is 0. The number of hydrogen-bond donors (Lipinski definition) is 0. The lowest BCUT2D eigenvalue weighted by molar-refractivity contribution is 0.553. The fourth-order valence-corrected chi connectivity index (χ4v) is 0.744. The predicted octanol–water partition coefficient (Wildman–Crippen LogP) is 1.36. The smallest absolute Gasteiger partial charge is 0.209 e. The van der Waals surface area contributed by atoms with E-state index in [1.807, 2.05) is 0 Å². The van der Waals surface area contributed by atoms with Gasteiger partial charge in [0, 0.05) is 6.20 Å². The molecule has 0 aliphatic rings. The second-order valence-corrected chi connectivity index (χ2v) is 1.80. The van der Waals surface area contributed by atoms with Crippen LogP contribution in [0, 0.1) is 5.82 Å². The third-order valence-corrected chi connectivity index (χ3v) is 1.18. The first-order valence-corrected chi connectivity index (χ1v) is 2.71. The van der Waals surface area contributed by atoms with E-state index >= 15 is 0 Å². The summed E-state index contributed by atoms with van der Waals surface area (Å²) in [6.07, 6.45) is 2.51. The molecule has 0 aliphatic heterocycles. The van der Waals surface area contributed by atoms with Crippen LogP contribution in [0.3, 0.4) is 0 Å². The summed E-state index contributed by atoms with van der Waals surface area (Å²) in [5.41, 5.74) is 0.419. The number of fused-ring (bicyclic) bond motifs is 1. The Morgan fingerprint density at radius 1 is 1.40 bits per heavy atom. The number of aromatic nitrogens is 2. The van der Waals surface area contributed by atoms with Crippen molar-refractivity contribution in [2.45, 2.75) is 0 Å². The molecule has 0 saturated heterocycles. The molecule has 0 fully saturated rings. The summed E-state index contributed by atoms with van der Waals surface area (Å²) in [6, 6.07) is 1.23. The molecular weight excluding hydrogens is 135 g/mol. The van der Waals surface area contributed by atoms with Crippen LogP contribution in [0.5, 0.6) is 0 Å². The molecule has 2 aromatic heterocycles. The minimum atomic E-state index is -0.428. The molecule has 0 atom stereocenters. The first kappa shape index (κ1) is 5.34. The molecule has 2 aromatic rings. The van der Waals surface area contributed by atoms with Crippen LogP contribution in [0.15, 0.2) is 23.1 Å². The monoisotopic (exact) mass is 138 g/mol. The molecule has 4 heteroatoms. The van der Waals surface area contributed by atoms with Gasteiger partial charge in [0.15, 0.2) is 12.2 Å². The second kappa shape index (κ2) is 1.76. The Morgan fingerprint density at radius 3 is 3.10 bits per heavy atom. The van der Waals surface area contributed by atoms with Crippen LogP contribution in [-0.4, -0.2) is 9.97 Å². The van der Waals surface area contributed by atoms with E-state index in [0.29, 0.717) is 5.65 Å². The summed E-state index contributed by atoms with van der Waals surface area (Å²) in [5, 5.41) is 0. The van der Waals surface area contributed by atoms with Crippen LogP contribution in [0.1, 0.15) is 0 Å². The molecule has 0 radical (unpaired) electrons. The third kappa shape index (κ3) is 0.586. The van der Waals surface area contributed by atoms with Gasteiger partial charge in [-0.3, -0.25) is 0 Å². The van der Waals surface area contributed by atoms with E-state index in [2.05, 4.69) is 9.97 Å². The highest BCUT2D eigenvalue weighted by Crippen LogP contribution is 2.11. The number of pyridine rings is 1. The van der Waals surface area contributed by atoms with Gasteiger partial charge in [0.05, 0.1) is 0 Å². The molecule has 0 bridgehead atoms. The number of halogens is 1. The predicted molar refractivity (Wildman–Crippen MR) is 31.8 cm³/mol. The second-order valence-electron chi connectivity index (χ2n) is 1.80. The van der Waals surface area contributed by atoms with Crippen molar-refractivity contribution in [2.24, 2.45) is 0 Å². The van der Waals surface area contributed by atoms with Gasteiger partial charge in [0.25, 0.3) is 0 Å². The normalized spacial score (nSPS) is 10.5. The fourth-order valence-electron chi connectivity index (χ4n) is 0.744. The SMILES string of the molecule is Fc1ccnc2ncoc12. The molecule has 50 valence electrons. The van der Waals surface area contributed by atoms with Gasteiger partial charge in [-0.05, 0) is 6.07 Å².